The molecule has 1 aliphatic heterocycles. The average molecular weight is 475 g/mol. The molecular formula is C19H34IN5O. The zero-order valence-electron chi connectivity index (χ0n) is 16.3. The Labute approximate surface area is 175 Å². The topological polar surface area (TPSA) is 61.8 Å². The Balaban J connectivity index is 0.00000338. The van der Waals surface area contributed by atoms with Gasteiger partial charge in [-0.2, -0.15) is 0 Å². The van der Waals surface area contributed by atoms with E-state index in [-0.39, 0.29) is 24.0 Å². The molecule has 6 nitrogen and oxygen atoms in total. The zero-order chi connectivity index (χ0) is 17.9. The highest BCUT2D eigenvalue weighted by Crippen LogP contribution is 2.18. The summed E-state index contributed by atoms with van der Waals surface area (Å²) in [6, 6.07) is 4.22. The van der Waals surface area contributed by atoms with Gasteiger partial charge in [-0.3, -0.25) is 4.99 Å². The molecule has 1 saturated heterocycles. The van der Waals surface area contributed by atoms with E-state index >= 15 is 0 Å². The Bertz CT molecular complexity index is 532. The first-order valence-electron chi connectivity index (χ1n) is 9.41. The minimum absolute atomic E-state index is 0. The summed E-state index contributed by atoms with van der Waals surface area (Å²) in [5.74, 6) is 2.57. The van der Waals surface area contributed by atoms with E-state index in [1.165, 1.54) is 18.4 Å². The van der Waals surface area contributed by atoms with Gasteiger partial charge in [-0.05, 0) is 42.9 Å². The molecule has 1 fully saturated rings. The van der Waals surface area contributed by atoms with E-state index in [9.17, 15) is 0 Å². The fourth-order valence-corrected chi connectivity index (χ4v) is 2.76. The van der Waals surface area contributed by atoms with E-state index in [1.807, 2.05) is 6.20 Å². The van der Waals surface area contributed by atoms with E-state index < -0.39 is 0 Å². The molecule has 1 aromatic heterocycles. The number of ether oxygens (including phenoxy) is 1. The SMILES string of the molecule is CN=C(NCCOCCC(C)C)NCc1ccnc(N2CCCC2)c1.I. The number of guanidine groups is 1. The predicted molar refractivity (Wildman–Crippen MR) is 120 cm³/mol. The van der Waals surface area contributed by atoms with Crippen LogP contribution in [0.3, 0.4) is 0 Å². The van der Waals surface area contributed by atoms with Gasteiger partial charge in [-0.1, -0.05) is 13.8 Å². The highest BCUT2D eigenvalue weighted by atomic mass is 127. The number of pyridine rings is 1. The van der Waals surface area contributed by atoms with Crippen LogP contribution in [0.2, 0.25) is 0 Å². The summed E-state index contributed by atoms with van der Waals surface area (Å²) in [6.45, 7) is 9.66. The Morgan fingerprint density at radius 3 is 2.73 bits per heavy atom. The van der Waals surface area contributed by atoms with Crippen molar-refractivity contribution in [2.75, 3.05) is 44.8 Å². The Hall–Kier alpha value is -1.09. The molecule has 148 valence electrons. The number of hydrogen-bond acceptors (Lipinski definition) is 4. The second kappa shape index (κ2) is 13.1. The number of anilines is 1. The molecule has 0 aromatic carbocycles. The molecular weight excluding hydrogens is 441 g/mol. The molecule has 0 bridgehead atoms. The number of nitrogens with one attached hydrogen (secondary N) is 2. The van der Waals surface area contributed by atoms with Crippen molar-refractivity contribution in [3.8, 4) is 0 Å². The lowest BCUT2D eigenvalue weighted by Gasteiger charge is -2.17. The van der Waals surface area contributed by atoms with Gasteiger partial charge in [0.25, 0.3) is 0 Å². The van der Waals surface area contributed by atoms with Gasteiger partial charge >= 0.3 is 0 Å². The van der Waals surface area contributed by atoms with Crippen molar-refractivity contribution < 1.29 is 4.74 Å². The third-order valence-electron chi connectivity index (χ3n) is 4.30. The highest BCUT2D eigenvalue weighted by Gasteiger charge is 2.13. The van der Waals surface area contributed by atoms with Gasteiger partial charge in [-0.15, -0.1) is 24.0 Å². The molecule has 0 aliphatic carbocycles. The number of aliphatic imine (C=N–C) groups is 1. The van der Waals surface area contributed by atoms with Gasteiger partial charge < -0.3 is 20.3 Å². The summed E-state index contributed by atoms with van der Waals surface area (Å²) in [6.07, 6.45) is 5.53. The lowest BCUT2D eigenvalue weighted by molar-refractivity contribution is 0.128. The van der Waals surface area contributed by atoms with Gasteiger partial charge in [-0.25, -0.2) is 4.98 Å². The number of rotatable bonds is 9. The number of aromatic nitrogens is 1. The number of hydrogen-bond donors (Lipinski definition) is 2. The first kappa shape index (κ1) is 23.0. The van der Waals surface area contributed by atoms with Gasteiger partial charge in [0, 0.05) is 46.0 Å². The monoisotopic (exact) mass is 475 g/mol. The van der Waals surface area contributed by atoms with Gasteiger partial charge in [0.1, 0.15) is 5.82 Å². The van der Waals surface area contributed by atoms with Crippen molar-refractivity contribution in [3.05, 3.63) is 23.9 Å². The van der Waals surface area contributed by atoms with Gasteiger partial charge in [0.05, 0.1) is 6.61 Å². The van der Waals surface area contributed by atoms with E-state index in [0.717, 1.165) is 51.0 Å². The molecule has 0 saturated carbocycles. The first-order chi connectivity index (χ1) is 12.2. The molecule has 2 heterocycles. The van der Waals surface area contributed by atoms with E-state index in [0.29, 0.717) is 12.5 Å². The minimum Gasteiger partial charge on any atom is -0.380 e. The van der Waals surface area contributed by atoms with Crippen LogP contribution in [-0.4, -0.2) is 50.8 Å². The second-order valence-electron chi connectivity index (χ2n) is 6.86. The third-order valence-corrected chi connectivity index (χ3v) is 4.30. The summed E-state index contributed by atoms with van der Waals surface area (Å²) in [5.41, 5.74) is 1.22. The average Bonchev–Trinajstić information content (AvgIpc) is 3.15. The van der Waals surface area contributed by atoms with Crippen LogP contribution < -0.4 is 15.5 Å². The van der Waals surface area contributed by atoms with Crippen LogP contribution in [0, 0.1) is 5.92 Å². The second-order valence-corrected chi connectivity index (χ2v) is 6.86. The van der Waals surface area contributed by atoms with Crippen LogP contribution in [-0.2, 0) is 11.3 Å². The molecule has 2 rings (SSSR count). The third kappa shape index (κ3) is 8.53. The largest absolute Gasteiger partial charge is 0.380 e. The predicted octanol–water partition coefficient (Wildman–Crippen LogP) is 3.03. The fourth-order valence-electron chi connectivity index (χ4n) is 2.76. The fraction of sp³-hybridized carbons (Fsp3) is 0.684. The van der Waals surface area contributed by atoms with Crippen LogP contribution in [0.1, 0.15) is 38.7 Å². The van der Waals surface area contributed by atoms with Crippen molar-refractivity contribution in [1.29, 1.82) is 0 Å². The molecule has 1 aromatic rings. The number of halogens is 1. The first-order valence-corrected chi connectivity index (χ1v) is 9.41. The summed E-state index contributed by atoms with van der Waals surface area (Å²) in [5, 5.41) is 6.64. The van der Waals surface area contributed by atoms with Crippen LogP contribution in [0.5, 0.6) is 0 Å². The summed E-state index contributed by atoms with van der Waals surface area (Å²) < 4.78 is 5.62. The van der Waals surface area contributed by atoms with Crippen molar-refractivity contribution in [2.45, 2.75) is 39.7 Å². The van der Waals surface area contributed by atoms with E-state index in [4.69, 9.17) is 4.74 Å². The van der Waals surface area contributed by atoms with Gasteiger partial charge in [0.15, 0.2) is 5.96 Å². The quantitative estimate of drug-likeness (QED) is 0.249. The zero-order valence-corrected chi connectivity index (χ0v) is 18.7. The van der Waals surface area contributed by atoms with E-state index in [2.05, 4.69) is 51.5 Å². The highest BCUT2D eigenvalue weighted by molar-refractivity contribution is 14.0. The van der Waals surface area contributed by atoms with Crippen molar-refractivity contribution in [2.24, 2.45) is 10.9 Å². The summed E-state index contributed by atoms with van der Waals surface area (Å²) in [7, 11) is 1.79. The van der Waals surface area contributed by atoms with Gasteiger partial charge in [0.2, 0.25) is 0 Å². The lowest BCUT2D eigenvalue weighted by Crippen LogP contribution is -2.38. The smallest absolute Gasteiger partial charge is 0.191 e. The van der Waals surface area contributed by atoms with Crippen LogP contribution in [0.25, 0.3) is 0 Å². The molecule has 0 radical (unpaired) electrons. The molecule has 0 amide bonds. The molecule has 1 aliphatic rings. The van der Waals surface area contributed by atoms with Crippen LogP contribution >= 0.6 is 24.0 Å². The molecule has 26 heavy (non-hydrogen) atoms. The summed E-state index contributed by atoms with van der Waals surface area (Å²) >= 11 is 0. The lowest BCUT2D eigenvalue weighted by atomic mass is 10.1. The Morgan fingerprint density at radius 2 is 2.04 bits per heavy atom. The standard InChI is InChI=1S/C19H33N5O.HI/c1-16(2)7-12-25-13-9-22-19(20-3)23-15-17-6-8-21-18(14-17)24-10-4-5-11-24;/h6,8,14,16H,4-5,7,9-13,15H2,1-3H3,(H2,20,22,23);1H. The number of nitrogens with zero attached hydrogens (tertiary/aromatic N) is 3. The van der Waals surface area contributed by atoms with E-state index in [1.54, 1.807) is 7.05 Å². The molecule has 0 spiro atoms. The molecule has 0 unspecified atom stereocenters. The van der Waals surface area contributed by atoms with Crippen LogP contribution in [0.15, 0.2) is 23.3 Å². The normalized spacial score (nSPS) is 14.5. The molecule has 7 heteroatoms. The molecule has 0 atom stereocenters. The minimum atomic E-state index is 0. The van der Waals surface area contributed by atoms with Crippen molar-refractivity contribution in [3.63, 3.8) is 0 Å². The summed E-state index contributed by atoms with van der Waals surface area (Å²) in [4.78, 5) is 11.1. The Morgan fingerprint density at radius 1 is 1.27 bits per heavy atom. The van der Waals surface area contributed by atoms with Crippen molar-refractivity contribution >= 4 is 35.8 Å². The maximum Gasteiger partial charge on any atom is 0.191 e. The maximum atomic E-state index is 5.62. The van der Waals surface area contributed by atoms with Crippen molar-refractivity contribution in [1.82, 2.24) is 15.6 Å². The van der Waals surface area contributed by atoms with Crippen LogP contribution in [0.4, 0.5) is 5.82 Å². The molecule has 2 N–H and O–H groups in total. The maximum absolute atomic E-state index is 5.62. The Kier molecular flexibility index (Phi) is 11.6.